The third kappa shape index (κ3) is 5.48. The number of fused-ring (bicyclic) bond motifs is 12. The number of hydrogen-bond acceptors (Lipinski definition) is 0. The first kappa shape index (κ1) is 37.8. The molecule has 310 valence electrons. The van der Waals surface area contributed by atoms with Crippen LogP contribution in [-0.2, 0) is 5.41 Å². The summed E-state index contributed by atoms with van der Waals surface area (Å²) in [4.78, 5) is 0. The van der Waals surface area contributed by atoms with Crippen molar-refractivity contribution in [2.75, 3.05) is 0 Å². The van der Waals surface area contributed by atoms with Gasteiger partial charge < -0.3 is 0 Å². The summed E-state index contributed by atoms with van der Waals surface area (Å²) in [5.74, 6) is 0. The third-order valence-corrected chi connectivity index (χ3v) is 14.8. The van der Waals surface area contributed by atoms with E-state index in [0.717, 1.165) is 0 Å². The van der Waals surface area contributed by atoms with Crippen LogP contribution in [0.15, 0.2) is 255 Å². The Morgan fingerprint density at radius 2 is 0.687 bits per heavy atom. The van der Waals surface area contributed by atoms with Gasteiger partial charge in [-0.3, -0.25) is 0 Å². The first-order chi connectivity index (χ1) is 33.3. The minimum Gasteiger partial charge on any atom is -0.0622 e. The summed E-state index contributed by atoms with van der Waals surface area (Å²) >= 11 is 0. The van der Waals surface area contributed by atoms with Crippen LogP contribution in [0.25, 0.3) is 109 Å². The van der Waals surface area contributed by atoms with Gasteiger partial charge in [-0.05, 0) is 156 Å². The molecule has 0 spiro atoms. The van der Waals surface area contributed by atoms with Gasteiger partial charge in [0, 0.05) is 0 Å². The molecule has 0 aliphatic heterocycles. The summed E-state index contributed by atoms with van der Waals surface area (Å²) in [6.07, 6.45) is 0. The van der Waals surface area contributed by atoms with Crippen LogP contribution >= 0.6 is 0 Å². The fourth-order valence-corrected chi connectivity index (χ4v) is 12.1. The van der Waals surface area contributed by atoms with Crippen molar-refractivity contribution >= 4 is 64.6 Å². The van der Waals surface area contributed by atoms with Gasteiger partial charge in [0.2, 0.25) is 0 Å². The topological polar surface area (TPSA) is 0 Å². The van der Waals surface area contributed by atoms with E-state index in [1.165, 1.54) is 131 Å². The highest BCUT2D eigenvalue weighted by molar-refractivity contribution is 6.23. The van der Waals surface area contributed by atoms with Crippen LogP contribution in [0, 0.1) is 0 Å². The Labute approximate surface area is 389 Å². The van der Waals surface area contributed by atoms with Crippen molar-refractivity contribution in [1.29, 1.82) is 0 Å². The summed E-state index contributed by atoms with van der Waals surface area (Å²) in [5.41, 5.74) is 14.7. The highest BCUT2D eigenvalue weighted by Crippen LogP contribution is 2.61. The zero-order valence-electron chi connectivity index (χ0n) is 36.7. The zero-order valence-corrected chi connectivity index (χ0v) is 36.7. The second-order valence-corrected chi connectivity index (χ2v) is 18.2. The van der Waals surface area contributed by atoms with E-state index in [4.69, 9.17) is 0 Å². The van der Waals surface area contributed by atoms with Crippen LogP contribution < -0.4 is 0 Å². The Kier molecular flexibility index (Phi) is 8.30. The van der Waals surface area contributed by atoms with E-state index >= 15 is 0 Å². The van der Waals surface area contributed by atoms with Crippen molar-refractivity contribution in [2.24, 2.45) is 0 Å². The fraction of sp³-hybridized carbons (Fsp3) is 0.0149. The SMILES string of the molecule is c1ccc(C2(c3ccccc3)c3cc4cc(-c5c6ccccc6c(-c6cccc(-c7cccc8ccccc78)c6)c6ccccc56)ccc4cc3-c3c2c2ccccc2c2ccccc32)cc1. The number of rotatable bonds is 5. The van der Waals surface area contributed by atoms with Crippen LogP contribution in [0.1, 0.15) is 22.3 Å². The molecule has 0 unspecified atom stereocenters. The van der Waals surface area contributed by atoms with Gasteiger partial charge >= 0.3 is 0 Å². The first-order valence-corrected chi connectivity index (χ1v) is 23.4. The predicted molar refractivity (Wildman–Crippen MR) is 285 cm³/mol. The van der Waals surface area contributed by atoms with Crippen molar-refractivity contribution in [3.8, 4) is 44.5 Å². The molecular weight excluding hydrogens is 805 g/mol. The van der Waals surface area contributed by atoms with E-state index < -0.39 is 5.41 Å². The summed E-state index contributed by atoms with van der Waals surface area (Å²) in [7, 11) is 0. The lowest BCUT2D eigenvalue weighted by atomic mass is 9.66. The smallest absolute Gasteiger partial charge is 0.0622 e. The van der Waals surface area contributed by atoms with Crippen molar-refractivity contribution in [3.05, 3.63) is 277 Å². The zero-order chi connectivity index (χ0) is 44.1. The first-order valence-electron chi connectivity index (χ1n) is 23.4. The monoisotopic (exact) mass is 846 g/mol. The van der Waals surface area contributed by atoms with E-state index in [1.807, 2.05) is 0 Å². The largest absolute Gasteiger partial charge is 0.0720 e. The molecule has 13 aromatic rings. The molecule has 0 N–H and O–H groups in total. The molecule has 0 fully saturated rings. The van der Waals surface area contributed by atoms with E-state index in [9.17, 15) is 0 Å². The van der Waals surface area contributed by atoms with E-state index in [2.05, 4.69) is 255 Å². The molecule has 0 saturated carbocycles. The molecule has 0 aromatic heterocycles. The average molecular weight is 847 g/mol. The minimum atomic E-state index is -0.567. The van der Waals surface area contributed by atoms with Gasteiger partial charge in [-0.15, -0.1) is 0 Å². The molecule has 14 rings (SSSR count). The summed E-state index contributed by atoms with van der Waals surface area (Å²) in [6, 6.07) is 95.4. The molecule has 0 saturated heterocycles. The van der Waals surface area contributed by atoms with Gasteiger partial charge in [0.25, 0.3) is 0 Å². The van der Waals surface area contributed by atoms with Gasteiger partial charge in [0.05, 0.1) is 5.41 Å². The molecule has 0 bridgehead atoms. The Bertz CT molecular complexity index is 4040. The molecule has 0 amide bonds. The molecule has 0 atom stereocenters. The normalized spacial score (nSPS) is 12.9. The molecule has 13 aromatic carbocycles. The standard InChI is InChI=1S/C67H42/c1-3-23-49(24-4-1)67(50-25-5-2-6-26-50)62-42-48-40-47(38-37-44(48)41-61(62)65-55-30-11-9-28-53(55)54-29-10-16-35-60(54)66(65)67)64-58-33-14-12-31-56(58)63(57-32-13-15-34-59(57)64)46-22-17-21-45(39-46)52-36-18-20-43-19-7-8-27-51(43)52/h1-42H. The second-order valence-electron chi connectivity index (χ2n) is 18.2. The maximum atomic E-state index is 2.54. The summed E-state index contributed by atoms with van der Waals surface area (Å²) < 4.78 is 0. The number of benzene rings is 13. The number of hydrogen-bond donors (Lipinski definition) is 0. The van der Waals surface area contributed by atoms with Gasteiger partial charge in [-0.1, -0.05) is 231 Å². The molecule has 1 aliphatic carbocycles. The Morgan fingerprint density at radius 3 is 1.31 bits per heavy atom. The van der Waals surface area contributed by atoms with Crippen molar-refractivity contribution in [1.82, 2.24) is 0 Å². The van der Waals surface area contributed by atoms with Crippen molar-refractivity contribution < 1.29 is 0 Å². The third-order valence-electron chi connectivity index (χ3n) is 14.8. The average Bonchev–Trinajstić information content (AvgIpc) is 3.70. The quantitative estimate of drug-likeness (QED) is 0.120. The minimum absolute atomic E-state index is 0.567. The molecule has 1 aliphatic rings. The fourth-order valence-electron chi connectivity index (χ4n) is 12.1. The Balaban J connectivity index is 1.03. The predicted octanol–water partition coefficient (Wildman–Crippen LogP) is 18.0. The summed E-state index contributed by atoms with van der Waals surface area (Å²) in [6.45, 7) is 0. The van der Waals surface area contributed by atoms with Crippen molar-refractivity contribution in [2.45, 2.75) is 5.41 Å². The lowest BCUT2D eigenvalue weighted by Gasteiger charge is -2.35. The lowest BCUT2D eigenvalue weighted by molar-refractivity contribution is 0.777. The van der Waals surface area contributed by atoms with E-state index in [0.29, 0.717) is 0 Å². The van der Waals surface area contributed by atoms with Crippen LogP contribution in [0.4, 0.5) is 0 Å². The molecule has 67 heavy (non-hydrogen) atoms. The Hall–Kier alpha value is -8.58. The summed E-state index contributed by atoms with van der Waals surface area (Å²) in [5, 5.41) is 15.2. The van der Waals surface area contributed by atoms with Crippen LogP contribution in [0.3, 0.4) is 0 Å². The van der Waals surface area contributed by atoms with Crippen LogP contribution in [-0.4, -0.2) is 0 Å². The van der Waals surface area contributed by atoms with Crippen LogP contribution in [0.2, 0.25) is 0 Å². The molecule has 0 heteroatoms. The maximum Gasteiger partial charge on any atom is 0.0720 e. The molecular formula is C67H42. The molecule has 0 heterocycles. The van der Waals surface area contributed by atoms with Crippen LogP contribution in [0.5, 0.6) is 0 Å². The van der Waals surface area contributed by atoms with Gasteiger partial charge in [0.1, 0.15) is 0 Å². The second kappa shape index (κ2) is 14.7. The van der Waals surface area contributed by atoms with E-state index in [-0.39, 0.29) is 0 Å². The maximum absolute atomic E-state index is 2.54. The van der Waals surface area contributed by atoms with Gasteiger partial charge in [-0.25, -0.2) is 0 Å². The van der Waals surface area contributed by atoms with Crippen molar-refractivity contribution in [3.63, 3.8) is 0 Å². The molecule has 0 nitrogen and oxygen atoms in total. The van der Waals surface area contributed by atoms with Gasteiger partial charge in [-0.2, -0.15) is 0 Å². The highest BCUT2D eigenvalue weighted by atomic mass is 14.5. The van der Waals surface area contributed by atoms with Gasteiger partial charge in [0.15, 0.2) is 0 Å². The Morgan fingerprint density at radius 1 is 0.224 bits per heavy atom. The van der Waals surface area contributed by atoms with E-state index in [1.54, 1.807) is 0 Å². The molecule has 0 radical (unpaired) electrons. The highest BCUT2D eigenvalue weighted by Gasteiger charge is 2.48. The lowest BCUT2D eigenvalue weighted by Crippen LogP contribution is -2.28.